The second kappa shape index (κ2) is 12.7. The lowest BCUT2D eigenvalue weighted by molar-refractivity contribution is 0.0986. The Balaban J connectivity index is 1.94. The molecule has 1 fully saturated rings. The lowest BCUT2D eigenvalue weighted by Crippen LogP contribution is -2.56. The van der Waals surface area contributed by atoms with Crippen LogP contribution in [0.4, 0.5) is 5.82 Å². The molecule has 1 aliphatic rings. The van der Waals surface area contributed by atoms with Crippen LogP contribution in [0, 0.1) is 0 Å². The van der Waals surface area contributed by atoms with E-state index in [1.54, 1.807) is 17.7 Å². The molecule has 38 heavy (non-hydrogen) atoms. The number of piperazine rings is 1. The molecular weight excluding hydrogens is 510 g/mol. The van der Waals surface area contributed by atoms with Crippen LogP contribution < -0.4 is 21.1 Å². The summed E-state index contributed by atoms with van der Waals surface area (Å²) in [6, 6.07) is 5.51. The molecule has 1 aromatic heterocycles. The number of amides is 2. The van der Waals surface area contributed by atoms with Crippen LogP contribution in [0.1, 0.15) is 66.4 Å². The molecule has 11 nitrogen and oxygen atoms in total. The quantitative estimate of drug-likeness (QED) is 0.315. The Morgan fingerprint density at radius 2 is 1.97 bits per heavy atom. The first kappa shape index (κ1) is 29.6. The van der Waals surface area contributed by atoms with Crippen molar-refractivity contribution in [2.75, 3.05) is 31.6 Å². The molecule has 5 N–H and O–H groups in total. The Kier molecular flexibility index (Phi) is 9.94. The van der Waals surface area contributed by atoms with Crippen molar-refractivity contribution in [3.8, 4) is 5.75 Å². The Hall–Kier alpha value is -2.93. The van der Waals surface area contributed by atoms with E-state index in [-0.39, 0.29) is 41.0 Å². The first-order valence-electron chi connectivity index (χ1n) is 13.0. The van der Waals surface area contributed by atoms with Crippen molar-refractivity contribution in [2.24, 2.45) is 12.8 Å². The van der Waals surface area contributed by atoms with Crippen LogP contribution in [0.5, 0.6) is 5.75 Å². The highest BCUT2D eigenvalue weighted by Gasteiger charge is 2.33. The van der Waals surface area contributed by atoms with Gasteiger partial charge in [-0.3, -0.25) is 9.59 Å². The number of nitrogens with zero attached hydrogens (tertiary/aromatic N) is 2. The highest BCUT2D eigenvalue weighted by molar-refractivity contribution is 7.89. The highest BCUT2D eigenvalue weighted by atomic mass is 32.2. The molecule has 0 saturated carbocycles. The van der Waals surface area contributed by atoms with E-state index in [2.05, 4.69) is 10.6 Å². The summed E-state index contributed by atoms with van der Waals surface area (Å²) in [5, 5.41) is 16.3. The van der Waals surface area contributed by atoms with E-state index in [4.69, 9.17) is 10.5 Å². The summed E-state index contributed by atoms with van der Waals surface area (Å²) in [7, 11) is -2.25. The van der Waals surface area contributed by atoms with Crippen molar-refractivity contribution in [1.82, 2.24) is 14.2 Å². The predicted molar refractivity (Wildman–Crippen MR) is 145 cm³/mol. The molecule has 12 heteroatoms. The Bertz CT molecular complexity index is 1260. The number of hydrogen-bond donors (Lipinski definition) is 4. The van der Waals surface area contributed by atoms with E-state index in [0.29, 0.717) is 38.2 Å². The van der Waals surface area contributed by atoms with Crippen LogP contribution in [0.25, 0.3) is 0 Å². The van der Waals surface area contributed by atoms with E-state index in [0.717, 1.165) is 12.0 Å². The van der Waals surface area contributed by atoms with Gasteiger partial charge in [0.2, 0.25) is 10.0 Å². The zero-order valence-corrected chi connectivity index (χ0v) is 23.3. The van der Waals surface area contributed by atoms with Gasteiger partial charge in [-0.2, -0.15) is 4.31 Å². The largest absolute Gasteiger partial charge is 0.493 e. The molecule has 0 spiro atoms. The number of nitrogens with two attached hydrogens (primary N) is 1. The summed E-state index contributed by atoms with van der Waals surface area (Å²) in [5.74, 6) is -0.506. The molecule has 1 aromatic carbocycles. The van der Waals surface area contributed by atoms with Gasteiger partial charge in [-0.05, 0) is 43.0 Å². The third-order valence-corrected chi connectivity index (χ3v) is 8.52. The molecule has 0 bridgehead atoms. The zero-order valence-electron chi connectivity index (χ0n) is 22.5. The number of ether oxygens (including phenoxy) is 1. The van der Waals surface area contributed by atoms with Crippen LogP contribution in [-0.2, 0) is 23.5 Å². The van der Waals surface area contributed by atoms with Crippen molar-refractivity contribution in [1.29, 1.82) is 0 Å². The van der Waals surface area contributed by atoms with E-state index in [1.807, 2.05) is 20.8 Å². The summed E-state index contributed by atoms with van der Waals surface area (Å²) < 4.78 is 35.7. The summed E-state index contributed by atoms with van der Waals surface area (Å²) in [5.41, 5.74) is 6.71. The van der Waals surface area contributed by atoms with Gasteiger partial charge in [-0.25, -0.2) is 8.42 Å². The van der Waals surface area contributed by atoms with Crippen molar-refractivity contribution in [3.05, 3.63) is 41.1 Å². The maximum Gasteiger partial charge on any atom is 0.265 e. The number of carbonyl (C=O) groups excluding carboxylic acids is 2. The summed E-state index contributed by atoms with van der Waals surface area (Å²) >= 11 is 0. The van der Waals surface area contributed by atoms with Crippen LogP contribution in [-0.4, -0.2) is 72.6 Å². The monoisotopic (exact) mass is 549 g/mol. The number of sulfonamides is 1. The fourth-order valence-corrected chi connectivity index (χ4v) is 6.03. The Labute approximate surface area is 224 Å². The van der Waals surface area contributed by atoms with Gasteiger partial charge in [0.05, 0.1) is 23.2 Å². The summed E-state index contributed by atoms with van der Waals surface area (Å²) in [4.78, 5) is 25.2. The van der Waals surface area contributed by atoms with E-state index in [1.165, 1.54) is 22.5 Å². The van der Waals surface area contributed by atoms with Gasteiger partial charge in [0.25, 0.3) is 11.8 Å². The van der Waals surface area contributed by atoms with Crippen molar-refractivity contribution >= 4 is 27.7 Å². The smallest absolute Gasteiger partial charge is 0.265 e. The number of aromatic nitrogens is 1. The van der Waals surface area contributed by atoms with Gasteiger partial charge in [0.1, 0.15) is 17.3 Å². The van der Waals surface area contributed by atoms with Gasteiger partial charge in [0.15, 0.2) is 0 Å². The topological polar surface area (TPSA) is 156 Å². The summed E-state index contributed by atoms with van der Waals surface area (Å²) in [6.45, 7) is 6.86. The Morgan fingerprint density at radius 3 is 2.61 bits per heavy atom. The van der Waals surface area contributed by atoms with Crippen LogP contribution in [0.3, 0.4) is 0 Å². The molecule has 2 heterocycles. The SMILES string of the molecule is CCCOc1cc(S(=O)(=O)N2CCNC(C(O)CC)C2)ccc1C(=O)Nc1c(CCC)cc(C(N)=O)n1C. The summed E-state index contributed by atoms with van der Waals surface area (Å²) in [6.07, 6.45) is 1.93. The molecule has 1 aliphatic heterocycles. The average molecular weight is 550 g/mol. The number of anilines is 1. The molecule has 2 amide bonds. The van der Waals surface area contributed by atoms with Gasteiger partial charge in [-0.1, -0.05) is 27.2 Å². The van der Waals surface area contributed by atoms with Crippen LogP contribution in [0.15, 0.2) is 29.2 Å². The van der Waals surface area contributed by atoms with E-state index >= 15 is 0 Å². The number of aryl methyl sites for hydroxylation is 1. The minimum absolute atomic E-state index is 0.00773. The molecule has 2 unspecified atom stereocenters. The number of carbonyl (C=O) groups is 2. The van der Waals surface area contributed by atoms with Crippen molar-refractivity contribution < 1.29 is 27.9 Å². The lowest BCUT2D eigenvalue weighted by Gasteiger charge is -2.35. The number of benzene rings is 1. The fraction of sp³-hybridized carbons (Fsp3) is 0.538. The first-order valence-corrected chi connectivity index (χ1v) is 14.5. The number of nitrogens with one attached hydrogen (secondary N) is 2. The molecule has 0 aliphatic carbocycles. The van der Waals surface area contributed by atoms with Crippen LogP contribution in [0.2, 0.25) is 0 Å². The van der Waals surface area contributed by atoms with Gasteiger partial charge in [0, 0.05) is 38.8 Å². The standard InChI is InChI=1S/C26H39N5O6S/c1-5-8-17-14-21(24(27)33)30(4)25(17)29-26(34)19-10-9-18(15-23(19)37-13-6-2)38(35,36)31-12-11-28-20(16-31)22(32)7-3/h9-10,14-15,20,22,28,32H,5-8,11-13,16H2,1-4H3,(H2,27,33)(H,29,34). The molecule has 2 atom stereocenters. The first-order chi connectivity index (χ1) is 18.0. The maximum atomic E-state index is 13.5. The van der Waals surface area contributed by atoms with Crippen LogP contribution >= 0.6 is 0 Å². The van der Waals surface area contributed by atoms with E-state index in [9.17, 15) is 23.1 Å². The Morgan fingerprint density at radius 1 is 1.24 bits per heavy atom. The molecule has 0 radical (unpaired) electrons. The predicted octanol–water partition coefficient (Wildman–Crippen LogP) is 1.85. The van der Waals surface area contributed by atoms with Crippen molar-refractivity contribution in [3.63, 3.8) is 0 Å². The minimum atomic E-state index is -3.90. The molecule has 1 saturated heterocycles. The maximum absolute atomic E-state index is 13.5. The molecule has 210 valence electrons. The second-order valence-electron chi connectivity index (χ2n) is 9.44. The zero-order chi connectivity index (χ0) is 28.0. The number of rotatable bonds is 12. The number of aliphatic hydroxyl groups excluding tert-OH is 1. The normalized spacial score (nSPS) is 17.2. The minimum Gasteiger partial charge on any atom is -0.493 e. The molecule has 3 rings (SSSR count). The van der Waals surface area contributed by atoms with Gasteiger partial charge >= 0.3 is 0 Å². The number of aliphatic hydroxyl groups is 1. The van der Waals surface area contributed by atoms with Gasteiger partial charge < -0.3 is 30.8 Å². The third-order valence-electron chi connectivity index (χ3n) is 6.66. The lowest BCUT2D eigenvalue weighted by atomic mass is 10.1. The van der Waals surface area contributed by atoms with Gasteiger partial charge in [-0.15, -0.1) is 0 Å². The fourth-order valence-electron chi connectivity index (χ4n) is 4.54. The average Bonchev–Trinajstić information content (AvgIpc) is 3.21. The van der Waals surface area contributed by atoms with E-state index < -0.39 is 27.9 Å². The highest BCUT2D eigenvalue weighted by Crippen LogP contribution is 2.29. The second-order valence-corrected chi connectivity index (χ2v) is 11.4. The number of hydrogen-bond acceptors (Lipinski definition) is 7. The van der Waals surface area contributed by atoms with Crippen molar-refractivity contribution in [2.45, 2.75) is 63.5 Å². The molecule has 2 aromatic rings. The molecular formula is C26H39N5O6S. The third kappa shape index (κ3) is 6.37. The number of primary amides is 1.